The SMILES string of the molecule is CC1=C(C)C(C)C([SiH](C)Cl)=C1C. The molecule has 1 aliphatic carbocycles. The van der Waals surface area contributed by atoms with Gasteiger partial charge in [0, 0.05) is 0 Å². The molecule has 2 atom stereocenters. The van der Waals surface area contributed by atoms with Crippen molar-refractivity contribution in [2.75, 3.05) is 0 Å². The van der Waals surface area contributed by atoms with Gasteiger partial charge in [0.05, 0.1) is 0 Å². The second-order valence-corrected chi connectivity index (χ2v) is 7.54. The van der Waals surface area contributed by atoms with Crippen LogP contribution < -0.4 is 0 Å². The van der Waals surface area contributed by atoms with Crippen LogP contribution in [-0.4, -0.2) is 8.11 Å². The van der Waals surface area contributed by atoms with Gasteiger partial charge in [-0.05, 0) is 32.3 Å². The Morgan fingerprint density at radius 3 is 1.83 bits per heavy atom. The summed E-state index contributed by atoms with van der Waals surface area (Å²) >= 11 is 6.26. The van der Waals surface area contributed by atoms with Gasteiger partial charge in [-0.1, -0.05) is 29.8 Å². The molecule has 0 fully saturated rings. The van der Waals surface area contributed by atoms with Crippen molar-refractivity contribution >= 4 is 19.2 Å². The fourth-order valence-electron chi connectivity index (χ4n) is 2.04. The lowest BCUT2D eigenvalue weighted by atomic mass is 10.1. The van der Waals surface area contributed by atoms with Gasteiger partial charge in [0.15, 0.2) is 8.11 Å². The zero-order valence-electron chi connectivity index (χ0n) is 8.53. The quantitative estimate of drug-likeness (QED) is 0.450. The zero-order valence-corrected chi connectivity index (χ0v) is 10.4. The average Bonchev–Trinajstić information content (AvgIpc) is 2.16. The van der Waals surface area contributed by atoms with Gasteiger partial charge in [-0.2, -0.15) is 11.1 Å². The Bertz CT molecular complexity index is 261. The fraction of sp³-hybridized carbons (Fsp3) is 0.600. The van der Waals surface area contributed by atoms with Crippen LogP contribution in [0.15, 0.2) is 21.9 Å². The topological polar surface area (TPSA) is 0 Å². The summed E-state index contributed by atoms with van der Waals surface area (Å²) in [6.45, 7) is 11.1. The Morgan fingerprint density at radius 2 is 1.67 bits per heavy atom. The molecule has 0 saturated heterocycles. The van der Waals surface area contributed by atoms with E-state index in [-0.39, 0.29) is 0 Å². The summed E-state index contributed by atoms with van der Waals surface area (Å²) < 4.78 is 0. The van der Waals surface area contributed by atoms with Gasteiger partial charge < -0.3 is 0 Å². The van der Waals surface area contributed by atoms with Gasteiger partial charge in [0.2, 0.25) is 0 Å². The fourth-order valence-corrected chi connectivity index (χ4v) is 4.85. The minimum atomic E-state index is -1.11. The summed E-state index contributed by atoms with van der Waals surface area (Å²) in [6.07, 6.45) is 0. The molecule has 0 bridgehead atoms. The highest BCUT2D eigenvalue weighted by atomic mass is 35.6. The van der Waals surface area contributed by atoms with Crippen LogP contribution in [0.4, 0.5) is 0 Å². The summed E-state index contributed by atoms with van der Waals surface area (Å²) in [5.74, 6) is 0.615. The smallest absolute Gasteiger partial charge is 0.165 e. The molecule has 68 valence electrons. The van der Waals surface area contributed by atoms with E-state index < -0.39 is 8.11 Å². The predicted molar refractivity (Wildman–Crippen MR) is 59.1 cm³/mol. The molecular weight excluding hydrogens is 184 g/mol. The first kappa shape index (κ1) is 10.1. The molecule has 0 aliphatic heterocycles. The van der Waals surface area contributed by atoms with Crippen molar-refractivity contribution in [1.29, 1.82) is 0 Å². The Morgan fingerprint density at radius 1 is 1.17 bits per heavy atom. The summed E-state index contributed by atoms with van der Waals surface area (Å²) in [5, 5.41) is 1.55. The van der Waals surface area contributed by atoms with E-state index in [4.69, 9.17) is 11.1 Å². The summed E-state index contributed by atoms with van der Waals surface area (Å²) in [5.41, 5.74) is 4.45. The van der Waals surface area contributed by atoms with E-state index in [9.17, 15) is 0 Å². The molecular formula is C10H17ClSi. The van der Waals surface area contributed by atoms with Crippen molar-refractivity contribution in [3.8, 4) is 0 Å². The second-order valence-electron chi connectivity index (χ2n) is 3.73. The molecule has 12 heavy (non-hydrogen) atoms. The average molecular weight is 201 g/mol. The van der Waals surface area contributed by atoms with Crippen LogP contribution in [0.2, 0.25) is 6.55 Å². The molecule has 0 heterocycles. The molecule has 0 aromatic heterocycles. The second kappa shape index (κ2) is 3.39. The van der Waals surface area contributed by atoms with Gasteiger partial charge in [-0.25, -0.2) is 0 Å². The van der Waals surface area contributed by atoms with Gasteiger partial charge >= 0.3 is 0 Å². The third-order valence-electron chi connectivity index (χ3n) is 3.13. The molecule has 0 aromatic carbocycles. The van der Waals surface area contributed by atoms with Crippen molar-refractivity contribution in [1.82, 2.24) is 0 Å². The molecule has 0 amide bonds. The molecule has 0 aromatic rings. The Kier molecular flexibility index (Phi) is 2.84. The van der Waals surface area contributed by atoms with Crippen LogP contribution in [0, 0.1) is 5.92 Å². The van der Waals surface area contributed by atoms with Gasteiger partial charge in [-0.15, -0.1) is 0 Å². The maximum Gasteiger partial charge on any atom is 0.165 e. The highest BCUT2D eigenvalue weighted by Crippen LogP contribution is 2.38. The first-order valence-corrected chi connectivity index (χ1v) is 7.97. The predicted octanol–water partition coefficient (Wildman–Crippen LogP) is 3.42. The number of hydrogen-bond donors (Lipinski definition) is 0. The van der Waals surface area contributed by atoms with Crippen LogP contribution in [-0.2, 0) is 0 Å². The van der Waals surface area contributed by atoms with E-state index in [1.165, 1.54) is 16.7 Å². The number of allylic oxidation sites excluding steroid dienone is 4. The molecule has 0 N–H and O–H groups in total. The van der Waals surface area contributed by atoms with E-state index >= 15 is 0 Å². The van der Waals surface area contributed by atoms with Crippen LogP contribution in [0.25, 0.3) is 0 Å². The lowest BCUT2D eigenvalue weighted by Gasteiger charge is -2.13. The van der Waals surface area contributed by atoms with E-state index in [2.05, 4.69) is 34.2 Å². The van der Waals surface area contributed by atoms with Crippen molar-refractivity contribution < 1.29 is 0 Å². The third-order valence-corrected chi connectivity index (χ3v) is 5.63. The van der Waals surface area contributed by atoms with Crippen molar-refractivity contribution in [2.24, 2.45) is 5.92 Å². The molecule has 0 radical (unpaired) electrons. The molecule has 1 aliphatic rings. The van der Waals surface area contributed by atoms with E-state index in [0.717, 1.165) is 0 Å². The van der Waals surface area contributed by atoms with Crippen molar-refractivity contribution in [2.45, 2.75) is 34.2 Å². The minimum Gasteiger partial charge on any atom is -0.166 e. The van der Waals surface area contributed by atoms with Crippen molar-refractivity contribution in [3.63, 3.8) is 0 Å². The van der Waals surface area contributed by atoms with Gasteiger partial charge in [-0.3, -0.25) is 0 Å². The van der Waals surface area contributed by atoms with Crippen LogP contribution in [0.5, 0.6) is 0 Å². The number of rotatable bonds is 1. The first-order chi connectivity index (χ1) is 5.46. The molecule has 2 heteroatoms. The summed E-state index contributed by atoms with van der Waals surface area (Å²) in [4.78, 5) is 0. The Balaban J connectivity index is 3.09. The molecule has 1 rings (SSSR count). The van der Waals surface area contributed by atoms with E-state index in [1.807, 2.05) is 0 Å². The van der Waals surface area contributed by atoms with Gasteiger partial charge in [0.25, 0.3) is 0 Å². The Hall–Kier alpha value is -0.0131. The standard InChI is InChI=1S/C10H17ClSi/c1-6-7(2)9(4)10(8(6)3)12(5)11/h8,12H,1-5H3. The summed E-state index contributed by atoms with van der Waals surface area (Å²) in [6, 6.07) is 0. The highest BCUT2D eigenvalue weighted by Gasteiger charge is 2.26. The van der Waals surface area contributed by atoms with Gasteiger partial charge in [0.1, 0.15) is 0 Å². The molecule has 0 saturated carbocycles. The maximum absolute atomic E-state index is 6.26. The van der Waals surface area contributed by atoms with Crippen LogP contribution >= 0.6 is 11.1 Å². The van der Waals surface area contributed by atoms with Crippen LogP contribution in [0.3, 0.4) is 0 Å². The van der Waals surface area contributed by atoms with Crippen molar-refractivity contribution in [3.05, 3.63) is 21.9 Å². The Labute approximate surface area is 81.6 Å². The lowest BCUT2D eigenvalue weighted by molar-refractivity contribution is 0.854. The molecule has 2 unspecified atom stereocenters. The minimum absolute atomic E-state index is 0.615. The maximum atomic E-state index is 6.26. The van der Waals surface area contributed by atoms with Crippen LogP contribution in [0.1, 0.15) is 27.7 Å². The largest absolute Gasteiger partial charge is 0.166 e. The van der Waals surface area contributed by atoms with E-state index in [0.29, 0.717) is 5.92 Å². The normalized spacial score (nSPS) is 27.0. The first-order valence-electron chi connectivity index (χ1n) is 4.49. The number of halogens is 1. The summed E-state index contributed by atoms with van der Waals surface area (Å²) in [7, 11) is -1.11. The number of hydrogen-bond acceptors (Lipinski definition) is 0. The monoisotopic (exact) mass is 200 g/mol. The third kappa shape index (κ3) is 1.40. The molecule has 0 nitrogen and oxygen atoms in total. The zero-order chi connectivity index (χ0) is 9.46. The lowest BCUT2D eigenvalue weighted by Crippen LogP contribution is -2.10. The van der Waals surface area contributed by atoms with E-state index in [1.54, 1.807) is 5.20 Å². The highest BCUT2D eigenvalue weighted by molar-refractivity contribution is 7.10. The molecule has 0 spiro atoms.